The van der Waals surface area contributed by atoms with Crippen LogP contribution < -0.4 is 0 Å². The maximum absolute atomic E-state index is 13.6. The largest absolute Gasteiger partial charge is 0.402 e. The van der Waals surface area contributed by atoms with Gasteiger partial charge in [0, 0.05) is 4.88 Å². The summed E-state index contributed by atoms with van der Waals surface area (Å²) in [7, 11) is 0. The van der Waals surface area contributed by atoms with Crippen LogP contribution in [0.3, 0.4) is 0 Å². The Kier molecular flexibility index (Phi) is 3.50. The maximum atomic E-state index is 13.6. The number of carbonyl (C=O) groups excluding carboxylic acids is 1. The van der Waals surface area contributed by atoms with Gasteiger partial charge in [0.05, 0.1) is 9.35 Å². The third-order valence-electron chi connectivity index (χ3n) is 2.60. The standard InChI is InChI=1S/C14H7BrFNO2S/c15-12-6-5-8(20-12)7-11-14(18)19-13(17-11)9-3-1-2-4-10(9)16/h1-7H. The average molecular weight is 352 g/mol. The molecule has 2 aromatic rings. The Morgan fingerprint density at radius 3 is 2.75 bits per heavy atom. The van der Waals surface area contributed by atoms with Crippen LogP contribution in [0.25, 0.3) is 6.08 Å². The van der Waals surface area contributed by atoms with E-state index >= 15 is 0 Å². The molecule has 1 aliphatic rings. The molecule has 0 radical (unpaired) electrons. The minimum Gasteiger partial charge on any atom is -0.402 e. The fourth-order valence-electron chi connectivity index (χ4n) is 1.70. The summed E-state index contributed by atoms with van der Waals surface area (Å²) in [6.07, 6.45) is 1.62. The molecule has 0 saturated heterocycles. The van der Waals surface area contributed by atoms with E-state index in [2.05, 4.69) is 20.9 Å². The first kappa shape index (κ1) is 13.2. The molecule has 0 N–H and O–H groups in total. The summed E-state index contributed by atoms with van der Waals surface area (Å²) >= 11 is 4.81. The Balaban J connectivity index is 1.97. The van der Waals surface area contributed by atoms with Gasteiger partial charge < -0.3 is 4.74 Å². The van der Waals surface area contributed by atoms with Crippen molar-refractivity contribution in [1.29, 1.82) is 0 Å². The lowest BCUT2D eigenvalue weighted by atomic mass is 10.2. The molecule has 20 heavy (non-hydrogen) atoms. The topological polar surface area (TPSA) is 38.7 Å². The molecular weight excluding hydrogens is 345 g/mol. The number of ether oxygens (including phenoxy) is 1. The van der Waals surface area contributed by atoms with Gasteiger partial charge in [0.15, 0.2) is 5.70 Å². The van der Waals surface area contributed by atoms with Crippen molar-refractivity contribution in [2.75, 3.05) is 0 Å². The molecule has 3 nitrogen and oxygen atoms in total. The first-order chi connectivity index (χ1) is 9.63. The molecule has 1 aromatic carbocycles. The quantitative estimate of drug-likeness (QED) is 0.606. The minimum absolute atomic E-state index is 0.00466. The molecule has 3 rings (SSSR count). The lowest BCUT2D eigenvalue weighted by molar-refractivity contribution is -0.129. The number of hydrogen-bond acceptors (Lipinski definition) is 4. The van der Waals surface area contributed by atoms with E-state index in [1.165, 1.54) is 23.5 Å². The van der Waals surface area contributed by atoms with Gasteiger partial charge in [0.2, 0.25) is 5.90 Å². The molecule has 0 fully saturated rings. The average Bonchev–Trinajstić information content (AvgIpc) is 2.98. The minimum atomic E-state index is -0.576. The Morgan fingerprint density at radius 1 is 1.25 bits per heavy atom. The van der Waals surface area contributed by atoms with E-state index in [-0.39, 0.29) is 17.2 Å². The third kappa shape index (κ3) is 2.57. The van der Waals surface area contributed by atoms with Crippen molar-refractivity contribution >= 4 is 45.2 Å². The number of benzene rings is 1. The van der Waals surface area contributed by atoms with Crippen LogP contribution in [0.1, 0.15) is 10.4 Å². The monoisotopic (exact) mass is 351 g/mol. The number of hydrogen-bond donors (Lipinski definition) is 0. The Labute approximate surface area is 126 Å². The number of esters is 1. The van der Waals surface area contributed by atoms with E-state index in [0.29, 0.717) is 0 Å². The van der Waals surface area contributed by atoms with Gasteiger partial charge in [-0.2, -0.15) is 0 Å². The zero-order chi connectivity index (χ0) is 14.1. The molecule has 0 spiro atoms. The van der Waals surface area contributed by atoms with Crippen LogP contribution in [-0.2, 0) is 9.53 Å². The molecule has 0 atom stereocenters. The van der Waals surface area contributed by atoms with Gasteiger partial charge in [-0.1, -0.05) is 12.1 Å². The highest BCUT2D eigenvalue weighted by molar-refractivity contribution is 9.11. The molecule has 0 amide bonds. The molecule has 2 heterocycles. The highest BCUT2D eigenvalue weighted by Gasteiger charge is 2.25. The van der Waals surface area contributed by atoms with Crippen LogP contribution in [-0.4, -0.2) is 11.9 Å². The number of rotatable bonds is 2. The van der Waals surface area contributed by atoms with E-state index in [1.54, 1.807) is 18.2 Å². The predicted molar refractivity (Wildman–Crippen MR) is 79.0 cm³/mol. The summed E-state index contributed by atoms with van der Waals surface area (Å²) in [5.41, 5.74) is 0.342. The number of aliphatic imine (C=N–C) groups is 1. The summed E-state index contributed by atoms with van der Waals surface area (Å²) in [5, 5.41) is 0. The highest BCUT2D eigenvalue weighted by Crippen LogP contribution is 2.26. The van der Waals surface area contributed by atoms with E-state index < -0.39 is 11.8 Å². The smallest absolute Gasteiger partial charge is 0.363 e. The summed E-state index contributed by atoms with van der Waals surface area (Å²) in [4.78, 5) is 16.7. The van der Waals surface area contributed by atoms with Crippen molar-refractivity contribution in [2.24, 2.45) is 4.99 Å². The Morgan fingerprint density at radius 2 is 2.05 bits per heavy atom. The van der Waals surface area contributed by atoms with E-state index in [9.17, 15) is 9.18 Å². The van der Waals surface area contributed by atoms with Crippen LogP contribution in [0.2, 0.25) is 0 Å². The van der Waals surface area contributed by atoms with Gasteiger partial charge in [-0.15, -0.1) is 11.3 Å². The first-order valence-corrected chi connectivity index (χ1v) is 7.27. The van der Waals surface area contributed by atoms with E-state index in [0.717, 1.165) is 8.66 Å². The third-order valence-corrected chi connectivity index (χ3v) is 4.17. The van der Waals surface area contributed by atoms with Crippen molar-refractivity contribution < 1.29 is 13.9 Å². The van der Waals surface area contributed by atoms with Crippen molar-refractivity contribution in [3.05, 3.63) is 62.1 Å². The van der Waals surface area contributed by atoms with Crippen molar-refractivity contribution in [2.45, 2.75) is 0 Å². The molecular formula is C14H7BrFNO2S. The summed E-state index contributed by atoms with van der Waals surface area (Å²) in [5.74, 6) is -1.05. The second kappa shape index (κ2) is 5.30. The molecule has 1 aromatic heterocycles. The second-order valence-electron chi connectivity index (χ2n) is 3.96. The number of nitrogens with zero attached hydrogens (tertiary/aromatic N) is 1. The lowest BCUT2D eigenvalue weighted by Gasteiger charge is -1.99. The predicted octanol–water partition coefficient (Wildman–Crippen LogP) is 3.99. The molecule has 100 valence electrons. The van der Waals surface area contributed by atoms with Crippen molar-refractivity contribution in [3.63, 3.8) is 0 Å². The van der Waals surface area contributed by atoms with Gasteiger partial charge in [-0.3, -0.25) is 0 Å². The zero-order valence-electron chi connectivity index (χ0n) is 9.97. The summed E-state index contributed by atoms with van der Waals surface area (Å²) < 4.78 is 19.6. The lowest BCUT2D eigenvalue weighted by Crippen LogP contribution is -2.07. The fraction of sp³-hybridized carbons (Fsp3) is 0. The van der Waals surface area contributed by atoms with Crippen LogP contribution in [0.5, 0.6) is 0 Å². The Bertz CT molecular complexity index is 751. The molecule has 0 bridgehead atoms. The van der Waals surface area contributed by atoms with Gasteiger partial charge in [-0.25, -0.2) is 14.2 Å². The second-order valence-corrected chi connectivity index (χ2v) is 6.45. The van der Waals surface area contributed by atoms with Crippen molar-refractivity contribution in [3.8, 4) is 0 Å². The SMILES string of the molecule is O=C1OC(c2ccccc2F)=NC1=Cc1ccc(Br)s1. The summed E-state index contributed by atoms with van der Waals surface area (Å²) in [6.45, 7) is 0. The molecule has 6 heteroatoms. The normalized spacial score (nSPS) is 16.4. The summed E-state index contributed by atoms with van der Waals surface area (Å²) in [6, 6.07) is 9.77. The first-order valence-electron chi connectivity index (χ1n) is 5.66. The van der Waals surface area contributed by atoms with Gasteiger partial charge in [0.1, 0.15) is 5.82 Å². The van der Waals surface area contributed by atoms with Gasteiger partial charge in [0.25, 0.3) is 0 Å². The van der Waals surface area contributed by atoms with Crippen LogP contribution in [0, 0.1) is 5.82 Å². The van der Waals surface area contributed by atoms with Gasteiger partial charge >= 0.3 is 5.97 Å². The molecule has 0 unspecified atom stereocenters. The van der Waals surface area contributed by atoms with Crippen molar-refractivity contribution in [1.82, 2.24) is 0 Å². The van der Waals surface area contributed by atoms with E-state index in [1.807, 2.05) is 12.1 Å². The van der Waals surface area contributed by atoms with Gasteiger partial charge in [-0.05, 0) is 46.3 Å². The molecule has 1 aliphatic heterocycles. The van der Waals surface area contributed by atoms with Crippen LogP contribution >= 0.6 is 27.3 Å². The highest BCUT2D eigenvalue weighted by atomic mass is 79.9. The van der Waals surface area contributed by atoms with Crippen LogP contribution in [0.4, 0.5) is 4.39 Å². The maximum Gasteiger partial charge on any atom is 0.363 e. The van der Waals surface area contributed by atoms with Crippen LogP contribution in [0.15, 0.2) is 50.9 Å². The number of halogens is 2. The molecule has 0 aliphatic carbocycles. The Hall–Kier alpha value is -1.79. The van der Waals surface area contributed by atoms with E-state index in [4.69, 9.17) is 4.74 Å². The fourth-order valence-corrected chi connectivity index (χ4v) is 3.06. The zero-order valence-corrected chi connectivity index (χ0v) is 12.4. The number of thiophene rings is 1. The molecule has 0 saturated carbocycles. The number of carbonyl (C=O) groups is 1. The number of cyclic esters (lactones) is 1.